The Morgan fingerprint density at radius 1 is 0.569 bits per heavy atom. The second kappa shape index (κ2) is 15.8. The largest absolute Gasteiger partial charge is 0.369 e. The van der Waals surface area contributed by atoms with Crippen LogP contribution in [-0.4, -0.2) is 133 Å². The van der Waals surface area contributed by atoms with Crippen molar-refractivity contribution in [1.82, 2.24) is 41.7 Å². The number of likely N-dealkylation sites (tertiary alicyclic amines) is 2. The summed E-state index contributed by atoms with van der Waals surface area (Å²) >= 11 is 0. The van der Waals surface area contributed by atoms with E-state index >= 15 is 0 Å². The molecule has 7 amide bonds. The standard InChI is InChI=1S/C34H54N10O7/c1-17(45)39-25-10-12-44(33(50)19-6-3-8-24(19)40-30(47)20-13-37-15-22(20)35)28(25)32(49)42-26-16-38-14-21(26)34(51)43-11-4-9-27(43)31(48)41-23-7-2-5-18(23)29(36)46/h18-28,37-38H,2-16,35H2,1H3,(H2,36,46)(H,39,45)(H,40,47)(H,41,48)(H,42,49)/t18-,19-,20-,21-,22-,23-,24-,25-,26-,27-,28-/m1/s1. The maximum Gasteiger partial charge on any atom is 0.245 e. The summed E-state index contributed by atoms with van der Waals surface area (Å²) in [5, 5.41) is 18.2. The fourth-order valence-corrected chi connectivity index (χ4v) is 9.32. The van der Waals surface area contributed by atoms with Crippen molar-refractivity contribution < 1.29 is 33.6 Å². The Bertz CT molecular complexity index is 1400. The first-order chi connectivity index (χ1) is 24.4. The monoisotopic (exact) mass is 714 g/mol. The van der Waals surface area contributed by atoms with Gasteiger partial charge in [-0.3, -0.25) is 33.6 Å². The summed E-state index contributed by atoms with van der Waals surface area (Å²) in [5.74, 6) is -4.18. The fraction of sp³-hybridized carbons (Fsp3) is 0.794. The third kappa shape index (κ3) is 7.84. The third-order valence-electron chi connectivity index (χ3n) is 12.0. The smallest absolute Gasteiger partial charge is 0.245 e. The average Bonchev–Trinajstić information content (AvgIpc) is 3.93. The van der Waals surface area contributed by atoms with E-state index in [1.807, 2.05) is 0 Å². The molecule has 2 aliphatic carbocycles. The predicted octanol–water partition coefficient (Wildman–Crippen LogP) is -3.61. The minimum atomic E-state index is -1.00. The van der Waals surface area contributed by atoms with E-state index in [1.165, 1.54) is 11.8 Å². The van der Waals surface area contributed by atoms with Gasteiger partial charge in [0.15, 0.2) is 0 Å². The Labute approximate surface area is 297 Å². The number of hydrogen-bond donors (Lipinski definition) is 8. The second-order valence-corrected chi connectivity index (χ2v) is 15.3. The highest BCUT2D eigenvalue weighted by Gasteiger charge is 2.49. The van der Waals surface area contributed by atoms with Gasteiger partial charge in [-0.05, 0) is 44.9 Å². The molecule has 10 N–H and O–H groups in total. The van der Waals surface area contributed by atoms with Crippen molar-refractivity contribution in [3.63, 3.8) is 0 Å². The van der Waals surface area contributed by atoms with Crippen LogP contribution in [0.25, 0.3) is 0 Å². The van der Waals surface area contributed by atoms with Gasteiger partial charge in [0, 0.05) is 64.3 Å². The normalized spacial score (nSPS) is 36.2. The number of rotatable bonds is 10. The van der Waals surface area contributed by atoms with E-state index in [0.717, 1.165) is 12.8 Å². The van der Waals surface area contributed by atoms with Crippen molar-refractivity contribution in [3.05, 3.63) is 0 Å². The van der Waals surface area contributed by atoms with Gasteiger partial charge in [0.05, 0.1) is 35.8 Å². The Hall–Kier alpha value is -3.83. The molecule has 11 atom stereocenters. The lowest BCUT2D eigenvalue weighted by Crippen LogP contribution is -2.59. The molecular formula is C34H54N10O7. The van der Waals surface area contributed by atoms with Crippen LogP contribution in [0.4, 0.5) is 0 Å². The highest BCUT2D eigenvalue weighted by molar-refractivity contribution is 5.93. The molecule has 17 nitrogen and oxygen atoms in total. The fourth-order valence-electron chi connectivity index (χ4n) is 9.32. The van der Waals surface area contributed by atoms with Gasteiger partial charge in [-0.2, -0.15) is 0 Å². The molecule has 4 aliphatic heterocycles. The Morgan fingerprint density at radius 2 is 1.20 bits per heavy atom. The SMILES string of the molecule is CC(=O)N[C@@H]1CCN(C(=O)[C@@H]2CCC[C@H]2NC(=O)[C@@H]2CNC[C@H]2N)[C@H]1C(=O)N[C@@H]1CNC[C@H]1C(=O)N1CCC[C@@H]1C(=O)N[C@@H]1CCC[C@H]1C(N)=O. The first-order valence-corrected chi connectivity index (χ1v) is 18.7. The number of nitrogens with one attached hydrogen (secondary N) is 6. The van der Waals surface area contributed by atoms with Crippen molar-refractivity contribution >= 4 is 41.4 Å². The summed E-state index contributed by atoms with van der Waals surface area (Å²) in [6.45, 7) is 3.66. The van der Waals surface area contributed by atoms with Crippen LogP contribution in [0, 0.1) is 23.7 Å². The van der Waals surface area contributed by atoms with Crippen molar-refractivity contribution in [2.45, 2.75) is 107 Å². The molecule has 4 saturated heterocycles. The lowest BCUT2D eigenvalue weighted by molar-refractivity contribution is -0.144. The summed E-state index contributed by atoms with van der Waals surface area (Å²) in [6, 6.07) is -3.95. The molecule has 0 aromatic carbocycles. The van der Waals surface area contributed by atoms with Crippen LogP contribution < -0.4 is 43.4 Å². The quantitative estimate of drug-likeness (QED) is 0.110. The van der Waals surface area contributed by atoms with Crippen LogP contribution in [-0.2, 0) is 33.6 Å². The molecule has 0 bridgehead atoms. The van der Waals surface area contributed by atoms with Gasteiger partial charge in [-0.15, -0.1) is 0 Å². The minimum Gasteiger partial charge on any atom is -0.369 e. The molecule has 6 aliphatic rings. The molecule has 4 heterocycles. The third-order valence-corrected chi connectivity index (χ3v) is 12.0. The van der Waals surface area contributed by atoms with Crippen molar-refractivity contribution in [2.24, 2.45) is 35.1 Å². The molecule has 2 saturated carbocycles. The van der Waals surface area contributed by atoms with Crippen molar-refractivity contribution in [3.8, 4) is 0 Å². The predicted molar refractivity (Wildman–Crippen MR) is 183 cm³/mol. The summed E-state index contributed by atoms with van der Waals surface area (Å²) in [4.78, 5) is 95.9. The van der Waals surface area contributed by atoms with E-state index in [4.69, 9.17) is 11.5 Å². The van der Waals surface area contributed by atoms with Gasteiger partial charge < -0.3 is 53.2 Å². The molecule has 0 unspecified atom stereocenters. The maximum atomic E-state index is 14.1. The topological polar surface area (TPSA) is 250 Å². The first kappa shape index (κ1) is 36.9. The maximum absolute atomic E-state index is 14.1. The number of amides is 7. The van der Waals surface area contributed by atoms with E-state index in [-0.39, 0.29) is 60.1 Å². The molecule has 6 fully saturated rings. The summed E-state index contributed by atoms with van der Waals surface area (Å²) < 4.78 is 0. The molecule has 0 aromatic heterocycles. The number of primary amides is 1. The minimum absolute atomic E-state index is 0.181. The van der Waals surface area contributed by atoms with Gasteiger partial charge in [0.25, 0.3) is 0 Å². The van der Waals surface area contributed by atoms with E-state index in [1.54, 1.807) is 4.90 Å². The van der Waals surface area contributed by atoms with Crippen LogP contribution >= 0.6 is 0 Å². The van der Waals surface area contributed by atoms with Crippen LogP contribution in [0.15, 0.2) is 0 Å². The zero-order chi connectivity index (χ0) is 36.4. The van der Waals surface area contributed by atoms with Gasteiger partial charge in [-0.25, -0.2) is 0 Å². The van der Waals surface area contributed by atoms with Crippen molar-refractivity contribution in [1.29, 1.82) is 0 Å². The first-order valence-electron chi connectivity index (χ1n) is 18.7. The molecular weight excluding hydrogens is 660 g/mol. The number of carbonyl (C=O) groups is 7. The number of carbonyl (C=O) groups excluding carboxylic acids is 7. The van der Waals surface area contributed by atoms with Gasteiger partial charge in [0.1, 0.15) is 12.1 Å². The van der Waals surface area contributed by atoms with E-state index < -0.39 is 53.7 Å². The molecule has 0 aromatic rings. The summed E-state index contributed by atoms with van der Waals surface area (Å²) in [7, 11) is 0. The molecule has 0 radical (unpaired) electrons. The zero-order valence-corrected chi connectivity index (χ0v) is 29.4. The Kier molecular flexibility index (Phi) is 11.5. The number of nitrogens with two attached hydrogens (primary N) is 2. The van der Waals surface area contributed by atoms with Gasteiger partial charge in [0.2, 0.25) is 41.4 Å². The lowest BCUT2D eigenvalue weighted by atomic mass is 9.97. The highest BCUT2D eigenvalue weighted by Crippen LogP contribution is 2.32. The molecule has 282 valence electrons. The van der Waals surface area contributed by atoms with E-state index in [9.17, 15) is 33.6 Å². The van der Waals surface area contributed by atoms with E-state index in [2.05, 4.69) is 31.9 Å². The highest BCUT2D eigenvalue weighted by atomic mass is 16.2. The molecule has 17 heteroatoms. The van der Waals surface area contributed by atoms with Crippen molar-refractivity contribution in [2.75, 3.05) is 39.3 Å². The van der Waals surface area contributed by atoms with Crippen LogP contribution in [0.1, 0.15) is 64.7 Å². The average molecular weight is 715 g/mol. The number of hydrogen-bond acceptors (Lipinski definition) is 10. The molecule has 51 heavy (non-hydrogen) atoms. The zero-order valence-electron chi connectivity index (χ0n) is 29.4. The van der Waals surface area contributed by atoms with Gasteiger partial charge >= 0.3 is 0 Å². The number of nitrogens with zero attached hydrogens (tertiary/aromatic N) is 2. The lowest BCUT2D eigenvalue weighted by Gasteiger charge is -2.33. The summed E-state index contributed by atoms with van der Waals surface area (Å²) in [5.41, 5.74) is 11.7. The summed E-state index contributed by atoms with van der Waals surface area (Å²) in [6.07, 6.45) is 5.54. The molecule has 6 rings (SSSR count). The van der Waals surface area contributed by atoms with Crippen LogP contribution in [0.3, 0.4) is 0 Å². The molecule has 0 spiro atoms. The second-order valence-electron chi connectivity index (χ2n) is 15.3. The Balaban J connectivity index is 1.11. The van der Waals surface area contributed by atoms with Gasteiger partial charge in [-0.1, -0.05) is 12.8 Å². The Morgan fingerprint density at radius 3 is 1.88 bits per heavy atom. The van der Waals surface area contributed by atoms with Crippen LogP contribution in [0.2, 0.25) is 0 Å². The van der Waals surface area contributed by atoms with Crippen LogP contribution in [0.5, 0.6) is 0 Å². The van der Waals surface area contributed by atoms with E-state index in [0.29, 0.717) is 77.7 Å².